The molecular weight excluding hydrogens is 270 g/mol. The number of benzene rings is 2. The molecule has 0 saturated heterocycles. The summed E-state index contributed by atoms with van der Waals surface area (Å²) in [5, 5.41) is 18.5. The van der Waals surface area contributed by atoms with Crippen LogP contribution >= 0.6 is 0 Å². The molecule has 3 nitrogen and oxygen atoms in total. The SMILES string of the molecule is Cc1ccc2c(c1)C(O)=C(C(=N)c1ccccc1)S2=O. The minimum absolute atomic E-state index is 0.0455. The Hall–Kier alpha value is -2.20. The highest BCUT2D eigenvalue weighted by Gasteiger charge is 2.31. The van der Waals surface area contributed by atoms with Crippen molar-refractivity contribution in [1.29, 1.82) is 5.41 Å². The molecule has 0 bridgehead atoms. The molecule has 0 saturated carbocycles. The van der Waals surface area contributed by atoms with E-state index in [-0.39, 0.29) is 16.4 Å². The van der Waals surface area contributed by atoms with E-state index in [2.05, 4.69) is 0 Å². The standard InChI is InChI=1S/C16H13NO2S/c1-10-7-8-13-12(9-10)15(18)16(20(13)19)14(17)11-5-3-2-4-6-11/h2-9,17-18H,1H3. The fourth-order valence-electron chi connectivity index (χ4n) is 2.26. The van der Waals surface area contributed by atoms with Gasteiger partial charge in [0.15, 0.2) is 0 Å². The van der Waals surface area contributed by atoms with Crippen LogP contribution < -0.4 is 0 Å². The highest BCUT2D eigenvalue weighted by Crippen LogP contribution is 2.36. The summed E-state index contributed by atoms with van der Waals surface area (Å²) in [5.74, 6) is -0.0455. The number of allylic oxidation sites excluding steroid dienone is 1. The van der Waals surface area contributed by atoms with Crippen LogP contribution in [0.25, 0.3) is 5.76 Å². The normalized spacial score (nSPS) is 17.1. The van der Waals surface area contributed by atoms with Crippen molar-refractivity contribution in [3.05, 3.63) is 70.1 Å². The maximum absolute atomic E-state index is 12.5. The molecular formula is C16H13NO2S. The summed E-state index contributed by atoms with van der Waals surface area (Å²) < 4.78 is 12.5. The van der Waals surface area contributed by atoms with Crippen LogP contribution in [0.3, 0.4) is 0 Å². The van der Waals surface area contributed by atoms with Gasteiger partial charge in [0.1, 0.15) is 10.7 Å². The first-order valence-corrected chi connectivity index (χ1v) is 7.35. The Bertz CT molecular complexity index is 763. The van der Waals surface area contributed by atoms with Crippen molar-refractivity contribution in [1.82, 2.24) is 0 Å². The Labute approximate surface area is 119 Å². The first kappa shape index (κ1) is 12.8. The first-order chi connectivity index (χ1) is 9.59. The summed E-state index contributed by atoms with van der Waals surface area (Å²) in [6.45, 7) is 1.91. The Morgan fingerprint density at radius 3 is 2.55 bits per heavy atom. The fraction of sp³-hybridized carbons (Fsp3) is 0.0625. The molecule has 2 N–H and O–H groups in total. The van der Waals surface area contributed by atoms with Crippen LogP contribution in [-0.2, 0) is 10.8 Å². The minimum Gasteiger partial charge on any atom is -0.506 e. The molecule has 1 aliphatic rings. The van der Waals surface area contributed by atoms with E-state index in [1.165, 1.54) is 0 Å². The predicted molar refractivity (Wildman–Crippen MR) is 80.4 cm³/mol. The van der Waals surface area contributed by atoms with Gasteiger partial charge in [0.25, 0.3) is 0 Å². The van der Waals surface area contributed by atoms with E-state index in [0.717, 1.165) is 5.56 Å². The quantitative estimate of drug-likeness (QED) is 0.830. The van der Waals surface area contributed by atoms with Crippen molar-refractivity contribution in [2.75, 3.05) is 0 Å². The average molecular weight is 283 g/mol. The maximum atomic E-state index is 12.5. The number of hydrogen-bond donors (Lipinski definition) is 2. The molecule has 1 aliphatic heterocycles. The zero-order valence-corrected chi connectivity index (χ0v) is 11.7. The second-order valence-electron chi connectivity index (χ2n) is 4.69. The molecule has 0 radical (unpaired) electrons. The van der Waals surface area contributed by atoms with Crippen molar-refractivity contribution in [3.8, 4) is 0 Å². The Balaban J connectivity index is 2.12. The Morgan fingerprint density at radius 1 is 1.15 bits per heavy atom. The van der Waals surface area contributed by atoms with Gasteiger partial charge in [-0.25, -0.2) is 4.21 Å². The highest BCUT2D eigenvalue weighted by atomic mass is 32.2. The number of rotatable bonds is 2. The van der Waals surface area contributed by atoms with Gasteiger partial charge in [-0.1, -0.05) is 42.0 Å². The van der Waals surface area contributed by atoms with Crippen LogP contribution in [-0.4, -0.2) is 15.0 Å². The average Bonchev–Trinajstić information content (AvgIpc) is 2.71. The number of aliphatic hydroxyl groups excluding tert-OH is 1. The lowest BCUT2D eigenvalue weighted by Gasteiger charge is -2.04. The number of fused-ring (bicyclic) bond motifs is 1. The van der Waals surface area contributed by atoms with Crippen molar-refractivity contribution < 1.29 is 9.32 Å². The molecule has 1 heterocycles. The molecule has 3 rings (SSSR count). The van der Waals surface area contributed by atoms with E-state index in [4.69, 9.17) is 5.41 Å². The zero-order chi connectivity index (χ0) is 14.3. The molecule has 4 heteroatoms. The summed E-state index contributed by atoms with van der Waals surface area (Å²) in [6.07, 6.45) is 0. The molecule has 0 aromatic heterocycles. The largest absolute Gasteiger partial charge is 0.506 e. The van der Waals surface area contributed by atoms with Gasteiger partial charge in [0, 0.05) is 11.1 Å². The van der Waals surface area contributed by atoms with Gasteiger partial charge in [-0.2, -0.15) is 0 Å². The van der Waals surface area contributed by atoms with E-state index in [1.54, 1.807) is 24.3 Å². The Morgan fingerprint density at radius 2 is 1.85 bits per heavy atom. The van der Waals surface area contributed by atoms with Gasteiger partial charge >= 0.3 is 0 Å². The third kappa shape index (κ3) is 1.89. The van der Waals surface area contributed by atoms with Crippen molar-refractivity contribution in [3.63, 3.8) is 0 Å². The monoisotopic (exact) mass is 283 g/mol. The van der Waals surface area contributed by atoms with Gasteiger partial charge < -0.3 is 5.11 Å². The number of nitrogens with one attached hydrogen (secondary N) is 1. The zero-order valence-electron chi connectivity index (χ0n) is 10.9. The second kappa shape index (κ2) is 4.72. The second-order valence-corrected chi connectivity index (χ2v) is 6.07. The van der Waals surface area contributed by atoms with E-state index in [9.17, 15) is 9.32 Å². The van der Waals surface area contributed by atoms with E-state index in [1.807, 2.05) is 31.2 Å². The summed E-state index contributed by atoms with van der Waals surface area (Å²) in [4.78, 5) is 0.764. The minimum atomic E-state index is -1.50. The molecule has 1 atom stereocenters. The maximum Gasteiger partial charge on any atom is 0.142 e. The lowest BCUT2D eigenvalue weighted by molar-refractivity contribution is 0.511. The summed E-state index contributed by atoms with van der Waals surface area (Å²) in [6, 6.07) is 14.4. The van der Waals surface area contributed by atoms with E-state index in [0.29, 0.717) is 16.0 Å². The van der Waals surface area contributed by atoms with Crippen molar-refractivity contribution in [2.24, 2.45) is 0 Å². The van der Waals surface area contributed by atoms with Crippen LogP contribution in [0.4, 0.5) is 0 Å². The molecule has 20 heavy (non-hydrogen) atoms. The Kier molecular flexibility index (Phi) is 3.03. The predicted octanol–water partition coefficient (Wildman–Crippen LogP) is 3.41. The van der Waals surface area contributed by atoms with E-state index < -0.39 is 10.8 Å². The number of aryl methyl sites for hydroxylation is 1. The topological polar surface area (TPSA) is 61.1 Å². The number of aliphatic hydroxyl groups is 1. The van der Waals surface area contributed by atoms with Gasteiger partial charge in [0.2, 0.25) is 0 Å². The summed E-state index contributed by atoms with van der Waals surface area (Å²) in [7, 11) is -1.50. The van der Waals surface area contributed by atoms with Crippen LogP contribution in [0.1, 0.15) is 16.7 Å². The van der Waals surface area contributed by atoms with E-state index >= 15 is 0 Å². The van der Waals surface area contributed by atoms with Gasteiger partial charge in [0.05, 0.1) is 21.4 Å². The summed E-state index contributed by atoms with van der Waals surface area (Å²) >= 11 is 0. The molecule has 100 valence electrons. The smallest absolute Gasteiger partial charge is 0.142 e. The van der Waals surface area contributed by atoms with Crippen LogP contribution in [0.2, 0.25) is 0 Å². The lowest BCUT2D eigenvalue weighted by Crippen LogP contribution is -2.07. The summed E-state index contributed by atoms with van der Waals surface area (Å²) in [5.41, 5.74) is 2.31. The molecule has 0 spiro atoms. The molecule has 0 fully saturated rings. The molecule has 0 aliphatic carbocycles. The molecule has 1 unspecified atom stereocenters. The molecule has 2 aromatic rings. The lowest BCUT2D eigenvalue weighted by atomic mass is 10.1. The van der Waals surface area contributed by atoms with Gasteiger partial charge in [-0.05, 0) is 19.1 Å². The van der Waals surface area contributed by atoms with Crippen molar-refractivity contribution >= 4 is 22.3 Å². The third-order valence-corrected chi connectivity index (χ3v) is 4.80. The first-order valence-electron chi connectivity index (χ1n) is 6.20. The third-order valence-electron chi connectivity index (χ3n) is 3.28. The van der Waals surface area contributed by atoms with Crippen molar-refractivity contribution in [2.45, 2.75) is 11.8 Å². The van der Waals surface area contributed by atoms with Crippen LogP contribution in [0, 0.1) is 12.3 Å². The van der Waals surface area contributed by atoms with Crippen LogP contribution in [0.5, 0.6) is 0 Å². The highest BCUT2D eigenvalue weighted by molar-refractivity contribution is 7.90. The van der Waals surface area contributed by atoms with Gasteiger partial charge in [-0.15, -0.1) is 0 Å². The molecule has 2 aromatic carbocycles. The number of hydrogen-bond acceptors (Lipinski definition) is 3. The fourth-order valence-corrected chi connectivity index (χ4v) is 3.61. The van der Waals surface area contributed by atoms with Gasteiger partial charge in [-0.3, -0.25) is 5.41 Å². The van der Waals surface area contributed by atoms with Crippen LogP contribution in [0.15, 0.2) is 58.3 Å². The molecule has 0 amide bonds.